The molecule has 0 radical (unpaired) electrons. The normalized spacial score (nSPS) is 10.6. The molecule has 5 heteroatoms. The summed E-state index contributed by atoms with van der Waals surface area (Å²) in [5, 5.41) is 0.636. The van der Waals surface area contributed by atoms with Gasteiger partial charge < -0.3 is 5.73 Å². The molecule has 0 fully saturated rings. The highest BCUT2D eigenvalue weighted by Crippen LogP contribution is 2.32. The fourth-order valence-corrected chi connectivity index (χ4v) is 3.28. The zero-order valence-corrected chi connectivity index (χ0v) is 10.9. The summed E-state index contributed by atoms with van der Waals surface area (Å²) >= 11 is 3.28. The molecule has 2 aromatic rings. The number of anilines is 1. The second-order valence-corrected chi connectivity index (χ2v) is 5.76. The Morgan fingerprint density at radius 1 is 1.31 bits per heavy atom. The maximum Gasteiger partial charge on any atom is 0.181 e. The van der Waals surface area contributed by atoms with Gasteiger partial charge in [0.05, 0.1) is 15.6 Å². The third-order valence-corrected chi connectivity index (χ3v) is 4.45. The van der Waals surface area contributed by atoms with Crippen LogP contribution in [-0.4, -0.2) is 9.97 Å². The third kappa shape index (κ3) is 2.74. The number of nitrogens with two attached hydrogens (primary N) is 1. The third-order valence-electron chi connectivity index (χ3n) is 2.07. The average Bonchev–Trinajstić information content (AvgIpc) is 2.54. The van der Waals surface area contributed by atoms with E-state index in [2.05, 4.69) is 9.97 Å². The van der Waals surface area contributed by atoms with Crippen molar-refractivity contribution >= 4 is 28.2 Å². The molecular weight excluding hydrogens is 238 g/mol. The van der Waals surface area contributed by atoms with Crippen LogP contribution in [0.15, 0.2) is 22.4 Å². The van der Waals surface area contributed by atoms with E-state index in [0.29, 0.717) is 5.13 Å². The lowest BCUT2D eigenvalue weighted by molar-refractivity contribution is 1.10. The van der Waals surface area contributed by atoms with Crippen molar-refractivity contribution in [1.29, 1.82) is 0 Å². The molecule has 0 aliphatic carbocycles. The minimum Gasteiger partial charge on any atom is -0.375 e. The highest BCUT2D eigenvalue weighted by Gasteiger charge is 2.06. The molecule has 2 N–H and O–H groups in total. The molecule has 2 aromatic heterocycles. The van der Waals surface area contributed by atoms with E-state index in [1.54, 1.807) is 11.8 Å². The van der Waals surface area contributed by atoms with Crippen LogP contribution in [0.25, 0.3) is 0 Å². The summed E-state index contributed by atoms with van der Waals surface area (Å²) in [4.78, 5) is 8.65. The van der Waals surface area contributed by atoms with Gasteiger partial charge >= 0.3 is 0 Å². The van der Waals surface area contributed by atoms with Crippen LogP contribution in [0.5, 0.6) is 0 Å². The Labute approximate surface area is 103 Å². The Kier molecular flexibility index (Phi) is 3.46. The van der Waals surface area contributed by atoms with Gasteiger partial charge in [-0.1, -0.05) is 17.4 Å². The molecular formula is C11H13N3S2. The fourth-order valence-electron chi connectivity index (χ4n) is 1.36. The lowest BCUT2D eigenvalue weighted by Gasteiger charge is -2.00. The van der Waals surface area contributed by atoms with Gasteiger partial charge in [0.15, 0.2) is 5.13 Å². The first kappa shape index (κ1) is 11.4. The molecule has 0 aromatic carbocycles. The van der Waals surface area contributed by atoms with E-state index >= 15 is 0 Å². The maximum absolute atomic E-state index is 5.65. The molecule has 0 aliphatic rings. The smallest absolute Gasteiger partial charge is 0.181 e. The number of thioether (sulfide) groups is 1. The number of rotatable bonds is 3. The van der Waals surface area contributed by atoms with E-state index < -0.39 is 0 Å². The van der Waals surface area contributed by atoms with Crippen LogP contribution in [0.2, 0.25) is 0 Å². The van der Waals surface area contributed by atoms with Crippen LogP contribution in [0.3, 0.4) is 0 Å². The first-order chi connectivity index (χ1) is 7.65. The molecule has 2 heterocycles. The molecule has 0 amide bonds. The van der Waals surface area contributed by atoms with Gasteiger partial charge in [-0.15, -0.1) is 11.8 Å². The highest BCUT2D eigenvalue weighted by atomic mass is 32.2. The number of hydrogen-bond donors (Lipinski definition) is 1. The van der Waals surface area contributed by atoms with Crippen molar-refractivity contribution in [2.45, 2.75) is 23.8 Å². The van der Waals surface area contributed by atoms with E-state index in [0.717, 1.165) is 22.8 Å². The molecule has 84 valence electrons. The molecule has 0 aliphatic heterocycles. The summed E-state index contributed by atoms with van der Waals surface area (Å²) in [5.41, 5.74) is 8.81. The van der Waals surface area contributed by atoms with E-state index in [9.17, 15) is 0 Å². The van der Waals surface area contributed by atoms with E-state index in [4.69, 9.17) is 5.73 Å². The number of nitrogen functional groups attached to an aromatic ring is 1. The van der Waals surface area contributed by atoms with Gasteiger partial charge in [0.25, 0.3) is 0 Å². The quantitative estimate of drug-likeness (QED) is 0.852. The van der Waals surface area contributed by atoms with Gasteiger partial charge in [-0.25, -0.2) is 4.98 Å². The molecule has 16 heavy (non-hydrogen) atoms. The molecule has 2 rings (SSSR count). The van der Waals surface area contributed by atoms with Crippen molar-refractivity contribution in [2.75, 3.05) is 5.73 Å². The minimum absolute atomic E-state index is 0.636. The van der Waals surface area contributed by atoms with Crippen LogP contribution >= 0.6 is 23.1 Å². The second-order valence-electron chi connectivity index (χ2n) is 3.48. The summed E-state index contributed by atoms with van der Waals surface area (Å²) in [6, 6.07) is 6.08. The number of thiazole rings is 1. The predicted molar refractivity (Wildman–Crippen MR) is 69.8 cm³/mol. The van der Waals surface area contributed by atoms with Gasteiger partial charge in [0.1, 0.15) is 0 Å². The maximum atomic E-state index is 5.65. The minimum atomic E-state index is 0.636. The van der Waals surface area contributed by atoms with E-state index in [1.807, 2.05) is 32.0 Å². The Morgan fingerprint density at radius 2 is 2.12 bits per heavy atom. The van der Waals surface area contributed by atoms with Gasteiger partial charge in [0, 0.05) is 11.4 Å². The largest absolute Gasteiger partial charge is 0.375 e. The number of nitrogens with zero attached hydrogens (tertiary/aromatic N) is 2. The average molecular weight is 251 g/mol. The van der Waals surface area contributed by atoms with Crippen molar-refractivity contribution < 1.29 is 0 Å². The Hall–Kier alpha value is -1.07. The molecule has 0 unspecified atom stereocenters. The number of pyridine rings is 1. The van der Waals surface area contributed by atoms with Crippen molar-refractivity contribution in [1.82, 2.24) is 9.97 Å². The van der Waals surface area contributed by atoms with Crippen molar-refractivity contribution in [2.24, 2.45) is 0 Å². The number of aryl methyl sites for hydroxylation is 2. The summed E-state index contributed by atoms with van der Waals surface area (Å²) < 4.78 is 1.18. The second kappa shape index (κ2) is 4.84. The lowest BCUT2D eigenvalue weighted by Crippen LogP contribution is -1.88. The van der Waals surface area contributed by atoms with Gasteiger partial charge in [-0.2, -0.15) is 0 Å². The van der Waals surface area contributed by atoms with E-state index in [1.165, 1.54) is 15.5 Å². The number of hydrogen-bond acceptors (Lipinski definition) is 5. The van der Waals surface area contributed by atoms with Gasteiger partial charge in [0.2, 0.25) is 0 Å². The summed E-state index contributed by atoms with van der Waals surface area (Å²) in [6.07, 6.45) is 0. The van der Waals surface area contributed by atoms with Crippen molar-refractivity contribution in [3.8, 4) is 0 Å². The van der Waals surface area contributed by atoms with Crippen LogP contribution < -0.4 is 5.73 Å². The monoisotopic (exact) mass is 251 g/mol. The molecule has 3 nitrogen and oxygen atoms in total. The van der Waals surface area contributed by atoms with Crippen molar-refractivity contribution in [3.05, 3.63) is 35.3 Å². The molecule has 0 saturated carbocycles. The standard InChI is InChI=1S/C11H13N3S2/c1-7-4-3-5-9(13-7)6-15-10-8(2)14-11(12)16-10/h3-5H,6H2,1-2H3,(H2,12,14). The fraction of sp³-hybridized carbons (Fsp3) is 0.273. The lowest BCUT2D eigenvalue weighted by atomic mass is 10.3. The van der Waals surface area contributed by atoms with Crippen LogP contribution in [0.1, 0.15) is 17.1 Å². The predicted octanol–water partition coefficient (Wildman–Crippen LogP) is 3.03. The molecule has 0 saturated heterocycles. The van der Waals surface area contributed by atoms with Crippen LogP contribution in [-0.2, 0) is 5.75 Å². The summed E-state index contributed by atoms with van der Waals surface area (Å²) in [6.45, 7) is 3.99. The Bertz CT molecular complexity index is 494. The molecule has 0 bridgehead atoms. The first-order valence-electron chi connectivity index (χ1n) is 4.93. The zero-order valence-electron chi connectivity index (χ0n) is 9.23. The summed E-state index contributed by atoms with van der Waals surface area (Å²) in [7, 11) is 0. The Balaban J connectivity index is 2.05. The van der Waals surface area contributed by atoms with Crippen LogP contribution in [0, 0.1) is 13.8 Å². The van der Waals surface area contributed by atoms with Gasteiger partial charge in [-0.3, -0.25) is 4.98 Å². The number of aromatic nitrogens is 2. The zero-order chi connectivity index (χ0) is 11.5. The first-order valence-corrected chi connectivity index (χ1v) is 6.73. The highest BCUT2D eigenvalue weighted by molar-refractivity contribution is 8.00. The van der Waals surface area contributed by atoms with Gasteiger partial charge in [-0.05, 0) is 26.0 Å². The van der Waals surface area contributed by atoms with Crippen LogP contribution in [0.4, 0.5) is 5.13 Å². The summed E-state index contributed by atoms with van der Waals surface area (Å²) in [5.74, 6) is 0.865. The Morgan fingerprint density at radius 3 is 2.75 bits per heavy atom. The SMILES string of the molecule is Cc1cccc(CSc2sc(N)nc2C)n1. The van der Waals surface area contributed by atoms with E-state index in [-0.39, 0.29) is 0 Å². The topological polar surface area (TPSA) is 51.8 Å². The van der Waals surface area contributed by atoms with Crippen molar-refractivity contribution in [3.63, 3.8) is 0 Å². The molecule has 0 atom stereocenters. The molecule has 0 spiro atoms.